The minimum atomic E-state index is 0.633. The van der Waals surface area contributed by atoms with E-state index in [0.29, 0.717) is 17.5 Å². The molecule has 10 rings (SSSR count). The Hall–Kier alpha value is -7.56. The van der Waals surface area contributed by atoms with Gasteiger partial charge >= 0.3 is 0 Å². The van der Waals surface area contributed by atoms with Gasteiger partial charge in [-0.1, -0.05) is 182 Å². The summed E-state index contributed by atoms with van der Waals surface area (Å²) < 4.78 is 0. The molecule has 0 saturated heterocycles. The van der Waals surface area contributed by atoms with Crippen molar-refractivity contribution in [2.24, 2.45) is 0 Å². The maximum atomic E-state index is 5.03. The van der Waals surface area contributed by atoms with Crippen molar-refractivity contribution in [2.75, 3.05) is 0 Å². The van der Waals surface area contributed by atoms with Crippen LogP contribution < -0.4 is 0 Å². The van der Waals surface area contributed by atoms with Crippen LogP contribution in [0.1, 0.15) is 0 Å². The Morgan fingerprint density at radius 2 is 0.732 bits per heavy atom. The number of aromatic nitrogens is 4. The maximum absolute atomic E-state index is 5.03. The Morgan fingerprint density at radius 1 is 0.268 bits per heavy atom. The standard InChI is InChI=1S/C52H34N4/c1-3-11-35(12-4-1)36-26-28-41(29-27-36)51-54-50(40-13-5-2-6-14-40)55-52(56-51)45-18-8-16-43(34-45)38-24-22-37(23-25-38)42-15-7-17-44(33-42)46-20-9-21-48-47(46)31-30-39-19-10-32-53-49(39)48/h1-34H. The van der Waals surface area contributed by atoms with Crippen molar-refractivity contribution in [1.82, 2.24) is 19.9 Å². The largest absolute Gasteiger partial charge is 0.256 e. The van der Waals surface area contributed by atoms with Crippen molar-refractivity contribution < 1.29 is 0 Å². The molecule has 56 heavy (non-hydrogen) atoms. The molecule has 0 saturated carbocycles. The van der Waals surface area contributed by atoms with E-state index in [4.69, 9.17) is 19.9 Å². The first-order valence-corrected chi connectivity index (χ1v) is 18.8. The number of hydrogen-bond acceptors (Lipinski definition) is 4. The normalized spacial score (nSPS) is 11.2. The SMILES string of the molecule is c1ccc(-c2ccc(-c3nc(-c4ccccc4)nc(-c4cccc(-c5ccc(-c6cccc(-c7cccc8c7ccc7cccnc78)c6)cc5)c4)n3)cc2)cc1. The van der Waals surface area contributed by atoms with Gasteiger partial charge in [0.15, 0.2) is 17.5 Å². The highest BCUT2D eigenvalue weighted by atomic mass is 15.0. The minimum absolute atomic E-state index is 0.633. The van der Waals surface area contributed by atoms with E-state index >= 15 is 0 Å². The molecule has 0 amide bonds. The molecule has 0 atom stereocenters. The fourth-order valence-corrected chi connectivity index (χ4v) is 7.51. The number of benzene rings is 8. The lowest BCUT2D eigenvalue weighted by Crippen LogP contribution is -2.00. The fraction of sp³-hybridized carbons (Fsp3) is 0. The quantitative estimate of drug-likeness (QED) is 0.154. The highest BCUT2D eigenvalue weighted by molar-refractivity contribution is 6.10. The van der Waals surface area contributed by atoms with Crippen LogP contribution in [0.2, 0.25) is 0 Å². The zero-order chi connectivity index (χ0) is 37.3. The molecule has 2 heterocycles. The molecule has 0 unspecified atom stereocenters. The zero-order valence-corrected chi connectivity index (χ0v) is 30.4. The maximum Gasteiger partial charge on any atom is 0.164 e. The zero-order valence-electron chi connectivity index (χ0n) is 30.4. The molecule has 262 valence electrons. The van der Waals surface area contributed by atoms with Gasteiger partial charge in [0.25, 0.3) is 0 Å². The molecule has 0 bridgehead atoms. The summed E-state index contributed by atoms with van der Waals surface area (Å²) in [6.45, 7) is 0. The Morgan fingerprint density at radius 3 is 1.39 bits per heavy atom. The molecule has 0 spiro atoms. The number of pyridine rings is 1. The number of nitrogens with zero attached hydrogens (tertiary/aromatic N) is 4. The van der Waals surface area contributed by atoms with Crippen molar-refractivity contribution in [3.8, 4) is 78.7 Å². The van der Waals surface area contributed by atoms with Gasteiger partial charge in [-0.2, -0.15) is 0 Å². The number of fused-ring (bicyclic) bond motifs is 3. The van der Waals surface area contributed by atoms with E-state index in [1.807, 2.05) is 48.7 Å². The van der Waals surface area contributed by atoms with Gasteiger partial charge < -0.3 is 0 Å². The van der Waals surface area contributed by atoms with Crippen LogP contribution in [0.3, 0.4) is 0 Å². The predicted octanol–water partition coefficient (Wildman–Crippen LogP) is 13.2. The van der Waals surface area contributed by atoms with E-state index in [1.54, 1.807) is 0 Å². The summed E-state index contributed by atoms with van der Waals surface area (Å²) in [4.78, 5) is 19.7. The lowest BCUT2D eigenvalue weighted by molar-refractivity contribution is 1.07. The lowest BCUT2D eigenvalue weighted by Gasteiger charge is -2.12. The first-order valence-electron chi connectivity index (χ1n) is 18.8. The summed E-state index contributed by atoms with van der Waals surface area (Å²) in [5.41, 5.74) is 13.1. The Labute approximate surface area is 325 Å². The molecular weight excluding hydrogens is 681 g/mol. The van der Waals surface area contributed by atoms with E-state index < -0.39 is 0 Å². The molecule has 4 nitrogen and oxygen atoms in total. The lowest BCUT2D eigenvalue weighted by atomic mass is 9.93. The number of hydrogen-bond donors (Lipinski definition) is 0. The van der Waals surface area contributed by atoms with Crippen LogP contribution in [0.25, 0.3) is 100 Å². The monoisotopic (exact) mass is 714 g/mol. The van der Waals surface area contributed by atoms with Crippen molar-refractivity contribution in [3.63, 3.8) is 0 Å². The van der Waals surface area contributed by atoms with E-state index in [9.17, 15) is 0 Å². The summed E-state index contributed by atoms with van der Waals surface area (Å²) in [5, 5.41) is 3.52. The molecule has 0 N–H and O–H groups in total. The molecule has 0 aliphatic rings. The van der Waals surface area contributed by atoms with Crippen LogP contribution >= 0.6 is 0 Å². The van der Waals surface area contributed by atoms with Crippen molar-refractivity contribution >= 4 is 21.7 Å². The fourth-order valence-electron chi connectivity index (χ4n) is 7.51. The van der Waals surface area contributed by atoms with Gasteiger partial charge in [-0.3, -0.25) is 4.98 Å². The van der Waals surface area contributed by atoms with E-state index in [1.165, 1.54) is 33.0 Å². The van der Waals surface area contributed by atoms with Gasteiger partial charge in [0.05, 0.1) is 5.52 Å². The molecule has 4 heteroatoms. The smallest absolute Gasteiger partial charge is 0.164 e. The Bertz CT molecular complexity index is 2990. The van der Waals surface area contributed by atoms with Crippen LogP contribution in [0.4, 0.5) is 0 Å². The molecule has 10 aromatic rings. The number of rotatable bonds is 7. The second-order valence-electron chi connectivity index (χ2n) is 13.9. The molecule has 0 aliphatic carbocycles. The second-order valence-corrected chi connectivity index (χ2v) is 13.9. The van der Waals surface area contributed by atoms with E-state index in [2.05, 4.69) is 158 Å². The molecule has 0 radical (unpaired) electrons. The van der Waals surface area contributed by atoms with Crippen LogP contribution in [0.5, 0.6) is 0 Å². The van der Waals surface area contributed by atoms with Crippen LogP contribution in [0, 0.1) is 0 Å². The van der Waals surface area contributed by atoms with Gasteiger partial charge in [0.2, 0.25) is 0 Å². The third kappa shape index (κ3) is 6.40. The highest BCUT2D eigenvalue weighted by Crippen LogP contribution is 2.35. The Kier molecular flexibility index (Phi) is 8.47. The average molecular weight is 715 g/mol. The summed E-state index contributed by atoms with van der Waals surface area (Å²) in [5.74, 6) is 1.91. The molecule has 2 aromatic heterocycles. The van der Waals surface area contributed by atoms with E-state index in [0.717, 1.165) is 49.8 Å². The predicted molar refractivity (Wildman–Crippen MR) is 231 cm³/mol. The van der Waals surface area contributed by atoms with Gasteiger partial charge in [-0.25, -0.2) is 15.0 Å². The van der Waals surface area contributed by atoms with E-state index in [-0.39, 0.29) is 0 Å². The highest BCUT2D eigenvalue weighted by Gasteiger charge is 2.14. The van der Waals surface area contributed by atoms with Crippen molar-refractivity contribution in [1.29, 1.82) is 0 Å². The van der Waals surface area contributed by atoms with Crippen LogP contribution in [-0.4, -0.2) is 19.9 Å². The Balaban J connectivity index is 0.968. The summed E-state index contributed by atoms with van der Waals surface area (Å²) >= 11 is 0. The summed E-state index contributed by atoms with van der Waals surface area (Å²) in [7, 11) is 0. The van der Waals surface area contributed by atoms with Gasteiger partial charge in [-0.05, 0) is 68.1 Å². The van der Waals surface area contributed by atoms with Gasteiger partial charge in [-0.15, -0.1) is 0 Å². The minimum Gasteiger partial charge on any atom is -0.256 e. The summed E-state index contributed by atoms with van der Waals surface area (Å²) in [6, 6.07) is 69.9. The summed E-state index contributed by atoms with van der Waals surface area (Å²) in [6.07, 6.45) is 1.87. The van der Waals surface area contributed by atoms with Crippen LogP contribution in [-0.2, 0) is 0 Å². The average Bonchev–Trinajstić information content (AvgIpc) is 3.29. The van der Waals surface area contributed by atoms with Crippen molar-refractivity contribution in [3.05, 3.63) is 206 Å². The molecular formula is C52H34N4. The van der Waals surface area contributed by atoms with Crippen molar-refractivity contribution in [2.45, 2.75) is 0 Å². The van der Waals surface area contributed by atoms with Gasteiger partial charge in [0.1, 0.15) is 0 Å². The van der Waals surface area contributed by atoms with Gasteiger partial charge in [0, 0.05) is 33.7 Å². The third-order valence-electron chi connectivity index (χ3n) is 10.4. The second kappa shape index (κ2) is 14.3. The van der Waals surface area contributed by atoms with Crippen LogP contribution in [0.15, 0.2) is 206 Å². The topological polar surface area (TPSA) is 51.6 Å². The first kappa shape index (κ1) is 33.0. The molecule has 8 aromatic carbocycles. The molecule has 0 aliphatic heterocycles. The first-order chi connectivity index (χ1) is 27.7. The molecule has 0 fully saturated rings. The third-order valence-corrected chi connectivity index (χ3v) is 10.4.